The Bertz CT molecular complexity index is 734. The van der Waals surface area contributed by atoms with Crippen molar-refractivity contribution in [2.45, 2.75) is 26.7 Å². The van der Waals surface area contributed by atoms with Crippen LogP contribution in [0.4, 0.5) is 11.4 Å². The third-order valence-electron chi connectivity index (χ3n) is 5.19. The minimum absolute atomic E-state index is 0.115. The van der Waals surface area contributed by atoms with Crippen molar-refractivity contribution in [2.24, 2.45) is 0 Å². The Kier molecular flexibility index (Phi) is 5.94. The molecule has 3 rings (SSSR count). The molecule has 4 nitrogen and oxygen atoms in total. The van der Waals surface area contributed by atoms with Crippen LogP contribution in [0.15, 0.2) is 48.5 Å². The normalized spacial score (nSPS) is 15.3. The number of hydrogen-bond acceptors (Lipinski definition) is 2. The molecule has 0 aliphatic carbocycles. The van der Waals surface area contributed by atoms with Crippen molar-refractivity contribution >= 4 is 17.3 Å². The molecule has 2 aromatic rings. The van der Waals surface area contributed by atoms with Crippen LogP contribution in [0.2, 0.25) is 0 Å². The van der Waals surface area contributed by atoms with Crippen LogP contribution < -0.4 is 15.1 Å². The van der Waals surface area contributed by atoms with Crippen LogP contribution in [0.25, 0.3) is 0 Å². The second-order valence-electron chi connectivity index (χ2n) is 7.49. The van der Waals surface area contributed by atoms with Crippen molar-refractivity contribution in [1.82, 2.24) is 0 Å². The average molecular weight is 353 g/mol. The number of anilines is 2. The van der Waals surface area contributed by atoms with Gasteiger partial charge in [0.05, 0.1) is 26.2 Å². The van der Waals surface area contributed by atoms with Crippen LogP contribution in [-0.4, -0.2) is 38.6 Å². The van der Waals surface area contributed by atoms with E-state index in [-0.39, 0.29) is 5.91 Å². The number of carbonyl (C=O) groups is 1. The number of rotatable bonds is 5. The van der Waals surface area contributed by atoms with Crippen LogP contribution in [0.1, 0.15) is 30.9 Å². The van der Waals surface area contributed by atoms with Gasteiger partial charge in [-0.3, -0.25) is 4.79 Å². The number of nitrogens with one attached hydrogen (secondary N) is 2. The van der Waals surface area contributed by atoms with E-state index in [1.807, 2.05) is 6.07 Å². The maximum atomic E-state index is 12.6. The molecule has 0 aromatic heterocycles. The molecule has 4 heteroatoms. The monoisotopic (exact) mass is 352 g/mol. The summed E-state index contributed by atoms with van der Waals surface area (Å²) in [5.41, 5.74) is 4.61. The summed E-state index contributed by atoms with van der Waals surface area (Å²) in [6.45, 7) is 10.9. The zero-order valence-corrected chi connectivity index (χ0v) is 16.1. The summed E-state index contributed by atoms with van der Waals surface area (Å²) in [5, 5.41) is 3.18. The summed E-state index contributed by atoms with van der Waals surface area (Å²) in [5.74, 6) is 0.510. The molecule has 1 heterocycles. The molecular weight excluding hydrogens is 322 g/mol. The van der Waals surface area contributed by atoms with E-state index in [0.29, 0.717) is 12.5 Å². The molecule has 138 valence electrons. The van der Waals surface area contributed by atoms with E-state index in [1.165, 1.54) is 16.2 Å². The van der Waals surface area contributed by atoms with E-state index in [4.69, 9.17) is 0 Å². The molecule has 1 amide bonds. The third kappa shape index (κ3) is 4.44. The summed E-state index contributed by atoms with van der Waals surface area (Å²) >= 11 is 0. The topological polar surface area (TPSA) is 36.8 Å². The Morgan fingerprint density at radius 3 is 2.42 bits per heavy atom. The number of para-hydroxylation sites is 2. The fourth-order valence-electron chi connectivity index (χ4n) is 3.65. The maximum absolute atomic E-state index is 12.6. The minimum atomic E-state index is 0.115. The van der Waals surface area contributed by atoms with E-state index in [1.54, 1.807) is 0 Å². The van der Waals surface area contributed by atoms with E-state index >= 15 is 0 Å². The van der Waals surface area contributed by atoms with Crippen LogP contribution in [0.5, 0.6) is 0 Å². The number of hydrogen-bond donors (Lipinski definition) is 2. The molecule has 0 atom stereocenters. The molecule has 0 bridgehead atoms. The summed E-state index contributed by atoms with van der Waals surface area (Å²) in [7, 11) is 0. The Balaban J connectivity index is 1.56. The van der Waals surface area contributed by atoms with Crippen LogP contribution in [0.3, 0.4) is 0 Å². The highest BCUT2D eigenvalue weighted by molar-refractivity contribution is 5.93. The van der Waals surface area contributed by atoms with Crippen molar-refractivity contribution in [1.29, 1.82) is 0 Å². The van der Waals surface area contributed by atoms with E-state index in [0.717, 1.165) is 37.4 Å². The van der Waals surface area contributed by atoms with Gasteiger partial charge in [0, 0.05) is 11.4 Å². The maximum Gasteiger partial charge on any atom is 0.279 e. The molecular formula is C22H30N3O+. The van der Waals surface area contributed by atoms with Gasteiger partial charge in [0.2, 0.25) is 0 Å². The van der Waals surface area contributed by atoms with Gasteiger partial charge in [-0.2, -0.15) is 0 Å². The number of carbonyl (C=O) groups excluding carboxylic acids is 1. The van der Waals surface area contributed by atoms with Crippen LogP contribution >= 0.6 is 0 Å². The van der Waals surface area contributed by atoms with Gasteiger partial charge in [-0.05, 0) is 36.1 Å². The van der Waals surface area contributed by atoms with Crippen molar-refractivity contribution in [2.75, 3.05) is 42.9 Å². The van der Waals surface area contributed by atoms with Crippen molar-refractivity contribution in [3.63, 3.8) is 0 Å². The van der Waals surface area contributed by atoms with Gasteiger partial charge in [0.1, 0.15) is 0 Å². The largest absolute Gasteiger partial charge is 0.360 e. The van der Waals surface area contributed by atoms with Gasteiger partial charge in [0.25, 0.3) is 5.91 Å². The zero-order valence-electron chi connectivity index (χ0n) is 16.1. The number of nitrogens with zero attached hydrogens (tertiary/aromatic N) is 1. The fraction of sp³-hybridized carbons (Fsp3) is 0.409. The Morgan fingerprint density at radius 1 is 1.08 bits per heavy atom. The highest BCUT2D eigenvalue weighted by Crippen LogP contribution is 2.27. The fourth-order valence-corrected chi connectivity index (χ4v) is 3.65. The first-order valence-corrected chi connectivity index (χ1v) is 9.57. The third-order valence-corrected chi connectivity index (χ3v) is 5.19. The second kappa shape index (κ2) is 8.37. The van der Waals surface area contributed by atoms with Gasteiger partial charge >= 0.3 is 0 Å². The Morgan fingerprint density at radius 2 is 1.77 bits per heavy atom. The molecule has 2 N–H and O–H groups in total. The molecule has 0 unspecified atom stereocenters. The number of quaternary nitrogens is 1. The Labute approximate surface area is 156 Å². The lowest BCUT2D eigenvalue weighted by molar-refractivity contribution is -0.892. The van der Waals surface area contributed by atoms with Crippen molar-refractivity contribution < 1.29 is 9.69 Å². The van der Waals surface area contributed by atoms with Crippen molar-refractivity contribution in [3.05, 3.63) is 59.7 Å². The first-order valence-electron chi connectivity index (χ1n) is 9.57. The number of piperazine rings is 1. The molecule has 0 radical (unpaired) electrons. The predicted octanol–water partition coefficient (Wildman–Crippen LogP) is 2.46. The van der Waals surface area contributed by atoms with E-state index in [9.17, 15) is 4.79 Å². The molecule has 26 heavy (non-hydrogen) atoms. The van der Waals surface area contributed by atoms with Gasteiger partial charge in [0.15, 0.2) is 6.54 Å². The zero-order chi connectivity index (χ0) is 18.5. The smallest absolute Gasteiger partial charge is 0.279 e. The highest BCUT2D eigenvalue weighted by atomic mass is 16.2. The van der Waals surface area contributed by atoms with E-state index < -0.39 is 0 Å². The second-order valence-corrected chi connectivity index (χ2v) is 7.49. The summed E-state index contributed by atoms with van der Waals surface area (Å²) in [6.07, 6.45) is 0. The summed E-state index contributed by atoms with van der Waals surface area (Å²) < 4.78 is 0. The van der Waals surface area contributed by atoms with Gasteiger partial charge in [-0.15, -0.1) is 0 Å². The predicted molar refractivity (Wildman–Crippen MR) is 108 cm³/mol. The van der Waals surface area contributed by atoms with Gasteiger partial charge < -0.3 is 15.1 Å². The lowest BCUT2D eigenvalue weighted by Crippen LogP contribution is -3.15. The number of aryl methyl sites for hydroxylation is 1. The average Bonchev–Trinajstić information content (AvgIpc) is 2.64. The molecule has 0 spiro atoms. The number of amides is 1. The molecule has 1 fully saturated rings. The number of benzene rings is 2. The van der Waals surface area contributed by atoms with Crippen molar-refractivity contribution in [3.8, 4) is 0 Å². The first-order chi connectivity index (χ1) is 12.5. The molecule has 1 aliphatic heterocycles. The summed E-state index contributed by atoms with van der Waals surface area (Å²) in [6, 6.07) is 16.8. The lowest BCUT2D eigenvalue weighted by atomic mass is 9.98. The quantitative estimate of drug-likeness (QED) is 0.867. The lowest BCUT2D eigenvalue weighted by Gasteiger charge is -2.33. The highest BCUT2D eigenvalue weighted by Gasteiger charge is 2.23. The summed E-state index contributed by atoms with van der Waals surface area (Å²) in [4.78, 5) is 16.4. The standard InChI is InChI=1S/C22H29N3O/c1-17(2)20-11-7-8-18(3)22(20)23-21(26)16-24-12-14-25(15-13-24)19-9-5-4-6-10-19/h4-11,17H,12-16H2,1-3H3,(H,23,26)/p+1. The molecule has 2 aromatic carbocycles. The van der Waals surface area contributed by atoms with Gasteiger partial charge in [-0.1, -0.05) is 50.2 Å². The minimum Gasteiger partial charge on any atom is -0.360 e. The van der Waals surface area contributed by atoms with Gasteiger partial charge in [-0.25, -0.2) is 0 Å². The Hall–Kier alpha value is -2.33. The van der Waals surface area contributed by atoms with Crippen LogP contribution in [0, 0.1) is 6.92 Å². The molecule has 0 saturated carbocycles. The first kappa shape index (κ1) is 18.5. The molecule has 1 saturated heterocycles. The van der Waals surface area contributed by atoms with Crippen LogP contribution in [-0.2, 0) is 4.79 Å². The molecule has 1 aliphatic rings. The van der Waals surface area contributed by atoms with E-state index in [2.05, 4.69) is 73.5 Å². The SMILES string of the molecule is Cc1cccc(C(C)C)c1NC(=O)C[NH+]1CCN(c2ccccc2)CC1.